The number of carbonyl (C=O) groups is 3. The van der Waals surface area contributed by atoms with Crippen molar-refractivity contribution in [2.45, 2.75) is 38.3 Å². The Morgan fingerprint density at radius 3 is 2.79 bits per heavy atom. The molecule has 128 valence electrons. The zero-order valence-electron chi connectivity index (χ0n) is 13.6. The first kappa shape index (κ1) is 16.4. The zero-order chi connectivity index (χ0) is 17.5. The van der Waals surface area contributed by atoms with Crippen LogP contribution in [0.3, 0.4) is 0 Å². The van der Waals surface area contributed by atoms with Gasteiger partial charge in [0, 0.05) is 0 Å². The molecule has 1 saturated carbocycles. The van der Waals surface area contributed by atoms with Crippen LogP contribution in [0.1, 0.15) is 38.3 Å². The van der Waals surface area contributed by atoms with Gasteiger partial charge >= 0.3 is 6.03 Å². The number of imide groups is 1. The number of urea groups is 1. The number of amides is 4. The summed E-state index contributed by atoms with van der Waals surface area (Å²) < 4.78 is 13.2. The molecule has 1 aliphatic heterocycles. The molecule has 24 heavy (non-hydrogen) atoms. The van der Waals surface area contributed by atoms with Gasteiger partial charge in [-0.3, -0.25) is 14.5 Å². The lowest BCUT2D eigenvalue weighted by molar-refractivity contribution is -0.135. The average molecular weight is 333 g/mol. The van der Waals surface area contributed by atoms with E-state index in [-0.39, 0.29) is 24.2 Å². The van der Waals surface area contributed by atoms with E-state index in [0.717, 1.165) is 17.7 Å². The van der Waals surface area contributed by atoms with Gasteiger partial charge in [-0.25, -0.2) is 9.18 Å². The van der Waals surface area contributed by atoms with Crippen LogP contribution < -0.4 is 10.6 Å². The number of halogens is 1. The van der Waals surface area contributed by atoms with Gasteiger partial charge in [-0.15, -0.1) is 0 Å². The van der Waals surface area contributed by atoms with E-state index in [4.69, 9.17) is 0 Å². The van der Waals surface area contributed by atoms with Gasteiger partial charge in [0.2, 0.25) is 5.91 Å². The van der Waals surface area contributed by atoms with E-state index < -0.39 is 23.5 Å². The van der Waals surface area contributed by atoms with E-state index in [2.05, 4.69) is 10.6 Å². The topological polar surface area (TPSA) is 78.5 Å². The summed E-state index contributed by atoms with van der Waals surface area (Å²) in [7, 11) is 0. The van der Waals surface area contributed by atoms with E-state index >= 15 is 0 Å². The second-order valence-corrected chi connectivity index (χ2v) is 6.64. The Bertz CT molecular complexity index is 704. The van der Waals surface area contributed by atoms with E-state index in [1.54, 1.807) is 26.0 Å². The number of hydrogen-bond donors (Lipinski definition) is 2. The summed E-state index contributed by atoms with van der Waals surface area (Å²) in [5.41, 5.74) is -0.283. The number of nitrogens with zero attached hydrogens (tertiary/aromatic N) is 1. The Morgan fingerprint density at radius 2 is 2.17 bits per heavy atom. The molecule has 0 unspecified atom stereocenters. The van der Waals surface area contributed by atoms with Gasteiger partial charge in [0.1, 0.15) is 17.9 Å². The summed E-state index contributed by atoms with van der Waals surface area (Å²) in [6.45, 7) is 3.08. The maximum Gasteiger partial charge on any atom is 0.325 e. The van der Waals surface area contributed by atoms with Crippen LogP contribution in [0.25, 0.3) is 0 Å². The number of hydrogen-bond acceptors (Lipinski definition) is 3. The van der Waals surface area contributed by atoms with Gasteiger partial charge < -0.3 is 10.6 Å². The van der Waals surface area contributed by atoms with Crippen LogP contribution in [0.5, 0.6) is 0 Å². The monoisotopic (exact) mass is 333 g/mol. The molecule has 0 aromatic heterocycles. The van der Waals surface area contributed by atoms with Crippen molar-refractivity contribution in [1.29, 1.82) is 0 Å². The average Bonchev–Trinajstić information content (AvgIpc) is 3.33. The maximum atomic E-state index is 13.2. The maximum absolute atomic E-state index is 13.2. The molecule has 6 nitrogen and oxygen atoms in total. The van der Waals surface area contributed by atoms with Crippen molar-refractivity contribution < 1.29 is 18.8 Å². The Hall–Kier alpha value is -2.44. The van der Waals surface area contributed by atoms with Crippen LogP contribution in [0.15, 0.2) is 24.3 Å². The van der Waals surface area contributed by atoms with Crippen LogP contribution in [0, 0.1) is 11.7 Å². The van der Waals surface area contributed by atoms with Crippen molar-refractivity contribution >= 4 is 17.8 Å². The van der Waals surface area contributed by atoms with Crippen molar-refractivity contribution in [3.05, 3.63) is 35.6 Å². The first-order chi connectivity index (χ1) is 11.3. The molecule has 1 aliphatic carbocycles. The predicted octanol–water partition coefficient (Wildman–Crippen LogP) is 1.72. The second-order valence-electron chi connectivity index (χ2n) is 6.64. The number of nitrogens with one attached hydrogen (secondary N) is 2. The fraction of sp³-hybridized carbons (Fsp3) is 0.471. The molecular formula is C17H20FN3O3. The van der Waals surface area contributed by atoms with Crippen LogP contribution in [-0.4, -0.2) is 34.8 Å². The minimum atomic E-state index is -0.897. The first-order valence-electron chi connectivity index (χ1n) is 8.00. The molecule has 2 aliphatic rings. The summed E-state index contributed by atoms with van der Waals surface area (Å²) >= 11 is 0. The van der Waals surface area contributed by atoms with Gasteiger partial charge in [-0.1, -0.05) is 12.1 Å². The molecule has 0 radical (unpaired) electrons. The zero-order valence-corrected chi connectivity index (χ0v) is 13.6. The molecule has 1 heterocycles. The van der Waals surface area contributed by atoms with Crippen LogP contribution in [0.2, 0.25) is 0 Å². The lowest BCUT2D eigenvalue weighted by Gasteiger charge is -2.21. The Labute approximate surface area is 139 Å². The smallest absolute Gasteiger partial charge is 0.325 e. The van der Waals surface area contributed by atoms with Crippen molar-refractivity contribution in [1.82, 2.24) is 15.5 Å². The fourth-order valence-corrected chi connectivity index (χ4v) is 3.09. The lowest BCUT2D eigenvalue weighted by atomic mass is 9.96. The highest BCUT2D eigenvalue weighted by Gasteiger charge is 2.56. The fourth-order valence-electron chi connectivity index (χ4n) is 3.09. The number of rotatable bonds is 5. The van der Waals surface area contributed by atoms with Crippen molar-refractivity contribution in [3.8, 4) is 0 Å². The SMILES string of the molecule is C[C@H](NC(=O)CN1C(=O)N[C@@](C)(C2CC2)C1=O)c1cccc(F)c1. The third-order valence-electron chi connectivity index (χ3n) is 4.72. The van der Waals surface area contributed by atoms with Crippen molar-refractivity contribution in [2.75, 3.05) is 6.54 Å². The molecule has 0 bridgehead atoms. The molecule has 1 aromatic rings. The summed E-state index contributed by atoms with van der Waals surface area (Å²) in [4.78, 5) is 37.6. The Balaban J connectivity index is 1.62. The summed E-state index contributed by atoms with van der Waals surface area (Å²) in [6.07, 6.45) is 1.80. The van der Waals surface area contributed by atoms with Crippen LogP contribution in [-0.2, 0) is 9.59 Å². The highest BCUT2D eigenvalue weighted by Crippen LogP contribution is 2.42. The second kappa shape index (κ2) is 5.89. The number of carbonyl (C=O) groups excluding carboxylic acids is 3. The van der Waals surface area contributed by atoms with E-state index in [0.29, 0.717) is 5.56 Å². The minimum Gasteiger partial charge on any atom is -0.348 e. The van der Waals surface area contributed by atoms with Crippen LogP contribution >= 0.6 is 0 Å². The van der Waals surface area contributed by atoms with E-state index in [9.17, 15) is 18.8 Å². The molecule has 2 fully saturated rings. The standard InChI is InChI=1S/C17H20FN3O3/c1-10(11-4-3-5-13(18)8-11)19-14(22)9-21-15(23)17(2,12-6-7-12)20-16(21)24/h3-5,8,10,12H,6-7,9H2,1-2H3,(H,19,22)(H,20,24)/t10-,17-/m0/s1. The van der Waals surface area contributed by atoms with Gasteiger partial charge in [-0.05, 0) is 50.3 Å². The van der Waals surface area contributed by atoms with Crippen molar-refractivity contribution in [3.63, 3.8) is 0 Å². The quantitative estimate of drug-likeness (QED) is 0.806. The molecule has 7 heteroatoms. The lowest BCUT2D eigenvalue weighted by Crippen LogP contribution is -2.47. The number of benzene rings is 1. The van der Waals surface area contributed by atoms with Gasteiger partial charge in [0.25, 0.3) is 5.91 Å². The third-order valence-corrected chi connectivity index (χ3v) is 4.72. The minimum absolute atomic E-state index is 0.147. The Morgan fingerprint density at radius 1 is 1.46 bits per heavy atom. The summed E-state index contributed by atoms with van der Waals surface area (Å²) in [6, 6.07) is 4.96. The first-order valence-corrected chi connectivity index (χ1v) is 8.00. The third kappa shape index (κ3) is 2.98. The van der Waals surface area contributed by atoms with E-state index in [1.165, 1.54) is 12.1 Å². The molecule has 3 rings (SSSR count). The van der Waals surface area contributed by atoms with Crippen molar-refractivity contribution in [2.24, 2.45) is 5.92 Å². The predicted molar refractivity (Wildman–Crippen MR) is 84.3 cm³/mol. The highest BCUT2D eigenvalue weighted by atomic mass is 19.1. The molecule has 1 saturated heterocycles. The molecule has 2 atom stereocenters. The summed E-state index contributed by atoms with van der Waals surface area (Å²) in [5.74, 6) is -1.06. The van der Waals surface area contributed by atoms with Gasteiger partial charge in [-0.2, -0.15) is 0 Å². The van der Waals surface area contributed by atoms with Gasteiger partial charge in [0.05, 0.1) is 6.04 Å². The normalized spacial score (nSPS) is 24.7. The molecular weight excluding hydrogens is 313 g/mol. The molecule has 1 aromatic carbocycles. The molecule has 0 spiro atoms. The highest BCUT2D eigenvalue weighted by molar-refractivity contribution is 6.09. The largest absolute Gasteiger partial charge is 0.348 e. The Kier molecular flexibility index (Phi) is 4.03. The summed E-state index contributed by atoms with van der Waals surface area (Å²) in [5, 5.41) is 5.38. The van der Waals surface area contributed by atoms with Crippen LogP contribution in [0.4, 0.5) is 9.18 Å². The molecule has 4 amide bonds. The molecule has 2 N–H and O–H groups in total. The van der Waals surface area contributed by atoms with Gasteiger partial charge in [0.15, 0.2) is 0 Å². The van der Waals surface area contributed by atoms with E-state index in [1.807, 2.05) is 0 Å².